The van der Waals surface area contributed by atoms with Gasteiger partial charge in [-0.3, -0.25) is 4.90 Å². The summed E-state index contributed by atoms with van der Waals surface area (Å²) in [5.74, 6) is 1.63. The average Bonchev–Trinajstić information content (AvgIpc) is 3.00. The summed E-state index contributed by atoms with van der Waals surface area (Å²) in [6, 6.07) is 10.6. The van der Waals surface area contributed by atoms with E-state index in [9.17, 15) is 0 Å². The zero-order chi connectivity index (χ0) is 16.9. The number of hydrogen-bond donors (Lipinski definition) is 0. The topological polar surface area (TPSA) is 30.3 Å². The smallest absolute Gasteiger partial charge is 0.105 e. The molecule has 0 spiro atoms. The van der Waals surface area contributed by atoms with Gasteiger partial charge in [-0.15, -0.1) is 0 Å². The number of imidazole rings is 1. The first-order valence-corrected chi connectivity index (χ1v) is 9.04. The Hall–Kier alpha value is -1.65. The number of morpholine rings is 1. The number of ether oxygens (including phenoxy) is 1. The van der Waals surface area contributed by atoms with Crippen molar-refractivity contribution in [1.82, 2.24) is 14.5 Å². The molecule has 1 aromatic heterocycles. The van der Waals surface area contributed by atoms with Crippen LogP contribution in [0.25, 0.3) is 0 Å². The van der Waals surface area contributed by atoms with Crippen LogP contribution in [0.2, 0.25) is 0 Å². The zero-order valence-corrected chi connectivity index (χ0v) is 15.1. The molecule has 3 rings (SSSR count). The number of aryl methyl sites for hydroxylation is 2. The fraction of sp³-hybridized carbons (Fsp3) is 0.550. The Kier molecular flexibility index (Phi) is 5.69. The van der Waals surface area contributed by atoms with E-state index in [-0.39, 0.29) is 6.10 Å². The van der Waals surface area contributed by atoms with Crippen LogP contribution < -0.4 is 0 Å². The van der Waals surface area contributed by atoms with Gasteiger partial charge >= 0.3 is 0 Å². The molecule has 4 heteroatoms. The highest BCUT2D eigenvalue weighted by Crippen LogP contribution is 2.28. The summed E-state index contributed by atoms with van der Waals surface area (Å²) in [5.41, 5.74) is 1.29. The third-order valence-electron chi connectivity index (χ3n) is 4.91. The lowest BCUT2D eigenvalue weighted by Gasteiger charge is -2.40. The van der Waals surface area contributed by atoms with E-state index in [0.717, 1.165) is 38.4 Å². The molecule has 1 aliphatic rings. The van der Waals surface area contributed by atoms with Crippen LogP contribution in [0.15, 0.2) is 42.7 Å². The second-order valence-corrected chi connectivity index (χ2v) is 7.10. The van der Waals surface area contributed by atoms with Crippen molar-refractivity contribution >= 4 is 0 Å². The van der Waals surface area contributed by atoms with Crippen molar-refractivity contribution in [2.45, 2.75) is 45.9 Å². The Balaban J connectivity index is 1.60. The predicted octanol–water partition coefficient (Wildman–Crippen LogP) is 3.68. The number of hydrogen-bond acceptors (Lipinski definition) is 3. The largest absolute Gasteiger partial charge is 0.367 e. The van der Waals surface area contributed by atoms with Gasteiger partial charge in [0, 0.05) is 38.6 Å². The molecule has 0 radical (unpaired) electrons. The Morgan fingerprint density at radius 3 is 2.62 bits per heavy atom. The van der Waals surface area contributed by atoms with Gasteiger partial charge in [0.25, 0.3) is 0 Å². The summed E-state index contributed by atoms with van der Waals surface area (Å²) < 4.78 is 8.61. The number of aromatic nitrogens is 2. The van der Waals surface area contributed by atoms with E-state index in [0.29, 0.717) is 12.0 Å². The van der Waals surface area contributed by atoms with Gasteiger partial charge in [-0.25, -0.2) is 4.98 Å². The van der Waals surface area contributed by atoms with Crippen molar-refractivity contribution < 1.29 is 4.74 Å². The standard InChI is InChI=1S/C20H29N3O/c1-16(2)19-14-22(11-7-12-23-13-10-21-17(23)3)15-20(24-19)18-8-5-4-6-9-18/h4-6,8-10,13,16,19-20H,7,11-12,14-15H2,1-3H3/t19-,20+/m1/s1. The van der Waals surface area contributed by atoms with Crippen LogP contribution in [0.3, 0.4) is 0 Å². The van der Waals surface area contributed by atoms with Gasteiger partial charge in [-0.1, -0.05) is 44.2 Å². The first-order chi connectivity index (χ1) is 11.6. The van der Waals surface area contributed by atoms with Gasteiger partial charge in [0.2, 0.25) is 0 Å². The lowest BCUT2D eigenvalue weighted by atomic mass is 10.0. The molecule has 4 nitrogen and oxygen atoms in total. The monoisotopic (exact) mass is 327 g/mol. The van der Waals surface area contributed by atoms with Gasteiger partial charge in [-0.2, -0.15) is 0 Å². The second-order valence-electron chi connectivity index (χ2n) is 7.10. The Morgan fingerprint density at radius 2 is 1.96 bits per heavy atom. The van der Waals surface area contributed by atoms with Gasteiger partial charge in [0.05, 0.1) is 12.2 Å². The molecular weight excluding hydrogens is 298 g/mol. The van der Waals surface area contributed by atoms with E-state index in [1.807, 2.05) is 6.20 Å². The molecule has 0 amide bonds. The van der Waals surface area contributed by atoms with E-state index in [4.69, 9.17) is 4.74 Å². The second kappa shape index (κ2) is 7.95. The third kappa shape index (κ3) is 4.25. The molecular formula is C20H29N3O. The summed E-state index contributed by atoms with van der Waals surface area (Å²) in [6.45, 7) is 10.7. The normalized spacial score (nSPS) is 22.2. The van der Waals surface area contributed by atoms with Crippen LogP contribution in [-0.4, -0.2) is 40.2 Å². The summed E-state index contributed by atoms with van der Waals surface area (Å²) in [6.07, 6.45) is 5.58. The molecule has 0 N–H and O–H groups in total. The highest BCUT2D eigenvalue weighted by Gasteiger charge is 2.30. The molecule has 130 valence electrons. The Bertz CT molecular complexity index is 623. The maximum atomic E-state index is 6.38. The fourth-order valence-corrected chi connectivity index (χ4v) is 3.37. The van der Waals surface area contributed by atoms with Crippen LogP contribution >= 0.6 is 0 Å². The van der Waals surface area contributed by atoms with Crippen LogP contribution in [-0.2, 0) is 11.3 Å². The molecule has 2 atom stereocenters. The predicted molar refractivity (Wildman–Crippen MR) is 96.9 cm³/mol. The fourth-order valence-electron chi connectivity index (χ4n) is 3.37. The molecule has 1 saturated heterocycles. The number of rotatable bonds is 6. The molecule has 0 unspecified atom stereocenters. The van der Waals surface area contributed by atoms with E-state index < -0.39 is 0 Å². The highest BCUT2D eigenvalue weighted by molar-refractivity contribution is 5.18. The Morgan fingerprint density at radius 1 is 1.17 bits per heavy atom. The minimum atomic E-state index is 0.183. The summed E-state index contributed by atoms with van der Waals surface area (Å²) in [7, 11) is 0. The van der Waals surface area contributed by atoms with E-state index in [1.165, 1.54) is 5.56 Å². The molecule has 1 fully saturated rings. The summed E-state index contributed by atoms with van der Waals surface area (Å²) in [4.78, 5) is 6.87. The summed E-state index contributed by atoms with van der Waals surface area (Å²) in [5, 5.41) is 0. The van der Waals surface area contributed by atoms with Crippen molar-refractivity contribution in [2.24, 2.45) is 5.92 Å². The van der Waals surface area contributed by atoms with Gasteiger partial charge in [0.1, 0.15) is 5.82 Å². The third-order valence-corrected chi connectivity index (χ3v) is 4.91. The van der Waals surface area contributed by atoms with Crippen LogP contribution in [0.5, 0.6) is 0 Å². The minimum absolute atomic E-state index is 0.183. The van der Waals surface area contributed by atoms with Crippen LogP contribution in [0.1, 0.15) is 37.8 Å². The molecule has 1 aromatic carbocycles. The Labute approximate surface area is 145 Å². The highest BCUT2D eigenvalue weighted by atomic mass is 16.5. The maximum absolute atomic E-state index is 6.38. The lowest BCUT2D eigenvalue weighted by Crippen LogP contribution is -2.46. The van der Waals surface area contributed by atoms with Gasteiger partial charge < -0.3 is 9.30 Å². The minimum Gasteiger partial charge on any atom is -0.367 e. The van der Waals surface area contributed by atoms with Gasteiger partial charge in [-0.05, 0) is 24.8 Å². The van der Waals surface area contributed by atoms with Crippen molar-refractivity contribution in [3.63, 3.8) is 0 Å². The molecule has 0 bridgehead atoms. The zero-order valence-electron chi connectivity index (χ0n) is 15.1. The van der Waals surface area contributed by atoms with Crippen molar-refractivity contribution in [3.05, 3.63) is 54.1 Å². The molecule has 24 heavy (non-hydrogen) atoms. The maximum Gasteiger partial charge on any atom is 0.105 e. The summed E-state index contributed by atoms with van der Waals surface area (Å²) >= 11 is 0. The molecule has 2 aromatic rings. The van der Waals surface area contributed by atoms with E-state index >= 15 is 0 Å². The lowest BCUT2D eigenvalue weighted by molar-refractivity contribution is -0.105. The quantitative estimate of drug-likeness (QED) is 0.811. The number of nitrogens with zero attached hydrogens (tertiary/aromatic N) is 3. The molecule has 2 heterocycles. The molecule has 0 saturated carbocycles. The van der Waals surface area contributed by atoms with E-state index in [1.54, 1.807) is 0 Å². The SMILES string of the molecule is Cc1nccn1CCCN1C[C@@H](c2ccccc2)O[C@@H](C(C)C)C1. The molecule has 0 aliphatic carbocycles. The van der Waals surface area contributed by atoms with Crippen molar-refractivity contribution in [1.29, 1.82) is 0 Å². The van der Waals surface area contributed by atoms with Crippen molar-refractivity contribution in [2.75, 3.05) is 19.6 Å². The van der Waals surface area contributed by atoms with Crippen LogP contribution in [0, 0.1) is 12.8 Å². The first kappa shape index (κ1) is 17.2. The van der Waals surface area contributed by atoms with Crippen LogP contribution in [0.4, 0.5) is 0 Å². The van der Waals surface area contributed by atoms with Crippen molar-refractivity contribution in [3.8, 4) is 0 Å². The van der Waals surface area contributed by atoms with E-state index in [2.05, 4.69) is 71.8 Å². The number of benzene rings is 1. The first-order valence-electron chi connectivity index (χ1n) is 9.04. The molecule has 1 aliphatic heterocycles. The average molecular weight is 327 g/mol. The van der Waals surface area contributed by atoms with Gasteiger partial charge in [0.15, 0.2) is 0 Å².